The van der Waals surface area contributed by atoms with Gasteiger partial charge in [-0.2, -0.15) is 5.26 Å². The standard InChI is InChI=1S/C17H29NO2/c1-3-5-15-12-17(19,10-11-20-15)16(13-18)8-6-14(4-2)7-9-16/h14-15,19H,3-12H2,1-2H3. The average Bonchev–Trinajstić information content (AvgIpc) is 2.47. The van der Waals surface area contributed by atoms with E-state index in [0.717, 1.165) is 44.4 Å². The molecule has 0 aromatic rings. The van der Waals surface area contributed by atoms with Gasteiger partial charge < -0.3 is 9.84 Å². The Bertz CT molecular complexity index is 352. The SMILES string of the molecule is CCCC1CC(O)(C2(C#N)CCC(CC)CC2)CCO1. The fraction of sp³-hybridized carbons (Fsp3) is 0.941. The van der Waals surface area contributed by atoms with E-state index in [0.29, 0.717) is 19.4 Å². The van der Waals surface area contributed by atoms with E-state index in [2.05, 4.69) is 19.9 Å². The van der Waals surface area contributed by atoms with E-state index in [-0.39, 0.29) is 6.10 Å². The van der Waals surface area contributed by atoms with Crippen molar-refractivity contribution in [2.45, 2.75) is 83.3 Å². The summed E-state index contributed by atoms with van der Waals surface area (Å²) < 4.78 is 5.77. The molecule has 3 nitrogen and oxygen atoms in total. The highest BCUT2D eigenvalue weighted by molar-refractivity contribution is 5.14. The van der Waals surface area contributed by atoms with Crippen molar-refractivity contribution in [2.24, 2.45) is 11.3 Å². The van der Waals surface area contributed by atoms with Crippen LogP contribution in [0.4, 0.5) is 0 Å². The summed E-state index contributed by atoms with van der Waals surface area (Å²) in [7, 11) is 0. The molecule has 20 heavy (non-hydrogen) atoms. The van der Waals surface area contributed by atoms with E-state index in [1.54, 1.807) is 0 Å². The molecule has 1 heterocycles. The molecule has 2 aliphatic rings. The molecule has 0 spiro atoms. The van der Waals surface area contributed by atoms with Gasteiger partial charge in [0.05, 0.1) is 23.2 Å². The molecule has 0 bridgehead atoms. The number of nitrogens with zero attached hydrogens (tertiary/aromatic N) is 1. The van der Waals surface area contributed by atoms with Crippen LogP contribution < -0.4 is 0 Å². The lowest BCUT2D eigenvalue weighted by atomic mass is 9.59. The van der Waals surface area contributed by atoms with Crippen molar-refractivity contribution in [2.75, 3.05) is 6.61 Å². The predicted molar refractivity (Wildman–Crippen MR) is 79.1 cm³/mol. The summed E-state index contributed by atoms with van der Waals surface area (Å²) >= 11 is 0. The van der Waals surface area contributed by atoms with E-state index in [4.69, 9.17) is 4.74 Å². The van der Waals surface area contributed by atoms with Gasteiger partial charge in [0.1, 0.15) is 0 Å². The predicted octanol–water partition coefficient (Wildman–Crippen LogP) is 3.81. The van der Waals surface area contributed by atoms with Gasteiger partial charge in [-0.05, 0) is 38.0 Å². The minimum absolute atomic E-state index is 0.132. The number of aliphatic hydroxyl groups is 1. The van der Waals surface area contributed by atoms with Gasteiger partial charge in [0.15, 0.2) is 0 Å². The molecule has 2 rings (SSSR count). The number of ether oxygens (including phenoxy) is 1. The zero-order chi connectivity index (χ0) is 14.6. The van der Waals surface area contributed by atoms with Crippen LogP contribution in [-0.4, -0.2) is 23.4 Å². The second-order valence-corrected chi connectivity index (χ2v) is 6.81. The number of hydrogen-bond acceptors (Lipinski definition) is 3. The Kier molecular flexibility index (Phi) is 5.09. The Morgan fingerprint density at radius 2 is 1.95 bits per heavy atom. The second kappa shape index (κ2) is 6.45. The third kappa shape index (κ3) is 2.87. The Morgan fingerprint density at radius 1 is 1.25 bits per heavy atom. The van der Waals surface area contributed by atoms with Gasteiger partial charge in [0.25, 0.3) is 0 Å². The summed E-state index contributed by atoms with van der Waals surface area (Å²) in [5, 5.41) is 21.0. The highest BCUT2D eigenvalue weighted by atomic mass is 16.5. The first-order chi connectivity index (χ1) is 9.59. The third-order valence-corrected chi connectivity index (χ3v) is 5.69. The molecule has 1 saturated heterocycles. The van der Waals surface area contributed by atoms with E-state index in [1.165, 1.54) is 6.42 Å². The van der Waals surface area contributed by atoms with Crippen molar-refractivity contribution in [1.29, 1.82) is 5.26 Å². The van der Waals surface area contributed by atoms with Gasteiger partial charge in [0.2, 0.25) is 0 Å². The molecule has 1 N–H and O–H groups in total. The molecule has 2 fully saturated rings. The van der Waals surface area contributed by atoms with Crippen molar-refractivity contribution in [3.8, 4) is 6.07 Å². The van der Waals surface area contributed by atoms with Gasteiger partial charge in [-0.1, -0.05) is 26.7 Å². The smallest absolute Gasteiger partial charge is 0.0879 e. The number of hydrogen-bond donors (Lipinski definition) is 1. The van der Waals surface area contributed by atoms with Crippen LogP contribution in [0.5, 0.6) is 0 Å². The van der Waals surface area contributed by atoms with Crippen molar-refractivity contribution < 1.29 is 9.84 Å². The third-order valence-electron chi connectivity index (χ3n) is 5.69. The van der Waals surface area contributed by atoms with Crippen LogP contribution in [0.25, 0.3) is 0 Å². The van der Waals surface area contributed by atoms with Crippen molar-refractivity contribution in [1.82, 2.24) is 0 Å². The van der Waals surface area contributed by atoms with Crippen LogP contribution in [0.3, 0.4) is 0 Å². The highest BCUT2D eigenvalue weighted by Crippen LogP contribution is 2.51. The summed E-state index contributed by atoms with van der Waals surface area (Å²) in [4.78, 5) is 0. The molecule has 0 aromatic carbocycles. The first-order valence-electron chi connectivity index (χ1n) is 8.34. The van der Waals surface area contributed by atoms with Crippen LogP contribution in [0, 0.1) is 22.7 Å². The van der Waals surface area contributed by atoms with Gasteiger partial charge >= 0.3 is 0 Å². The normalized spacial score (nSPS) is 42.1. The second-order valence-electron chi connectivity index (χ2n) is 6.81. The monoisotopic (exact) mass is 279 g/mol. The summed E-state index contributed by atoms with van der Waals surface area (Å²) in [6.45, 7) is 4.97. The largest absolute Gasteiger partial charge is 0.388 e. The number of rotatable bonds is 4. The van der Waals surface area contributed by atoms with E-state index in [9.17, 15) is 10.4 Å². The van der Waals surface area contributed by atoms with Crippen molar-refractivity contribution in [3.63, 3.8) is 0 Å². The van der Waals surface area contributed by atoms with Crippen LogP contribution in [0.2, 0.25) is 0 Å². The maximum Gasteiger partial charge on any atom is 0.0879 e. The van der Waals surface area contributed by atoms with Crippen LogP contribution in [0.1, 0.15) is 71.6 Å². The molecule has 1 saturated carbocycles. The molecule has 114 valence electrons. The molecule has 2 atom stereocenters. The van der Waals surface area contributed by atoms with Crippen LogP contribution in [0.15, 0.2) is 0 Å². The molecular weight excluding hydrogens is 250 g/mol. The van der Waals surface area contributed by atoms with E-state index >= 15 is 0 Å². The lowest BCUT2D eigenvalue weighted by Gasteiger charge is -2.50. The summed E-state index contributed by atoms with van der Waals surface area (Å²) in [5.41, 5.74) is -1.37. The molecule has 0 aromatic heterocycles. The molecule has 0 radical (unpaired) electrons. The van der Waals surface area contributed by atoms with Gasteiger partial charge in [-0.3, -0.25) is 0 Å². The van der Waals surface area contributed by atoms with Gasteiger partial charge in [0, 0.05) is 19.4 Å². The maximum atomic E-state index is 11.2. The highest BCUT2D eigenvalue weighted by Gasteiger charge is 2.54. The first-order valence-corrected chi connectivity index (χ1v) is 8.34. The fourth-order valence-corrected chi connectivity index (χ4v) is 4.13. The zero-order valence-electron chi connectivity index (χ0n) is 13.0. The quantitative estimate of drug-likeness (QED) is 0.851. The Balaban J connectivity index is 2.11. The van der Waals surface area contributed by atoms with Crippen LogP contribution >= 0.6 is 0 Å². The molecule has 3 heteroatoms. The van der Waals surface area contributed by atoms with Crippen LogP contribution in [-0.2, 0) is 4.74 Å². The average molecular weight is 279 g/mol. The van der Waals surface area contributed by atoms with Gasteiger partial charge in [-0.15, -0.1) is 0 Å². The zero-order valence-corrected chi connectivity index (χ0v) is 13.0. The Labute approximate surface area is 123 Å². The molecule has 0 amide bonds. The topological polar surface area (TPSA) is 53.2 Å². The fourth-order valence-electron chi connectivity index (χ4n) is 4.13. The molecule has 1 aliphatic heterocycles. The minimum Gasteiger partial charge on any atom is -0.388 e. The number of nitriles is 1. The Morgan fingerprint density at radius 3 is 2.50 bits per heavy atom. The van der Waals surface area contributed by atoms with E-state index < -0.39 is 11.0 Å². The lowest BCUT2D eigenvalue weighted by Crippen LogP contribution is -2.54. The minimum atomic E-state index is -0.835. The summed E-state index contributed by atoms with van der Waals surface area (Å²) in [5.74, 6) is 0.742. The summed E-state index contributed by atoms with van der Waals surface area (Å²) in [6.07, 6.45) is 8.54. The van der Waals surface area contributed by atoms with Crippen molar-refractivity contribution >= 4 is 0 Å². The maximum absolute atomic E-state index is 11.2. The molecular formula is C17H29NO2. The first kappa shape index (κ1) is 15.8. The molecule has 1 aliphatic carbocycles. The van der Waals surface area contributed by atoms with Crippen molar-refractivity contribution in [3.05, 3.63) is 0 Å². The van der Waals surface area contributed by atoms with E-state index in [1.807, 2.05) is 0 Å². The Hall–Kier alpha value is -0.590. The van der Waals surface area contributed by atoms with Gasteiger partial charge in [-0.25, -0.2) is 0 Å². The molecule has 2 unspecified atom stereocenters. The lowest BCUT2D eigenvalue weighted by molar-refractivity contribution is -0.163. The summed E-state index contributed by atoms with van der Waals surface area (Å²) in [6, 6.07) is 2.53.